The zero-order valence-electron chi connectivity index (χ0n) is 31.0. The van der Waals surface area contributed by atoms with E-state index >= 15 is 0 Å². The minimum absolute atomic E-state index is 0.225. The van der Waals surface area contributed by atoms with E-state index in [1.165, 1.54) is 4.90 Å². The van der Waals surface area contributed by atoms with E-state index in [-0.39, 0.29) is 33.2 Å². The van der Waals surface area contributed by atoms with Gasteiger partial charge in [-0.05, 0) is 59.1 Å². The maximum Gasteiger partial charge on any atom is 0.308 e. The largest absolute Gasteiger partial charge is 0.460 e. The van der Waals surface area contributed by atoms with E-state index in [1.807, 2.05) is 20.8 Å². The number of esters is 1. The molecule has 52 heavy (non-hydrogen) atoms. The van der Waals surface area contributed by atoms with E-state index in [9.17, 15) is 14.4 Å². The Kier molecular flexibility index (Phi) is 31.2. The summed E-state index contributed by atoms with van der Waals surface area (Å²) in [6.07, 6.45) is 0.773. The van der Waals surface area contributed by atoms with Crippen molar-refractivity contribution < 1.29 is 71.2 Å². The zero-order valence-corrected chi connectivity index (χ0v) is 34.2. The summed E-state index contributed by atoms with van der Waals surface area (Å²) >= 11 is 6.20. The molecule has 18 heteroatoms. The first-order chi connectivity index (χ1) is 25.1. The molecule has 0 atom stereocenters. The number of ether oxygens (including phenoxy) is 12. The lowest BCUT2D eigenvalue weighted by atomic mass is 10.2. The highest BCUT2D eigenvalue weighted by Gasteiger charge is 2.35. The molecule has 2 amide bonds. The average Bonchev–Trinajstić information content (AvgIpc) is 3.28. The monoisotopic (exact) mass is 879 g/mol. The van der Waals surface area contributed by atoms with Crippen LogP contribution in [0.1, 0.15) is 33.6 Å². The normalized spacial score (nSPS) is 13.6. The predicted octanol–water partition coefficient (Wildman–Crippen LogP) is 2.66. The molecule has 0 radical (unpaired) electrons. The van der Waals surface area contributed by atoms with Gasteiger partial charge in [0.15, 0.2) is 0 Å². The first-order valence-electron chi connectivity index (χ1n) is 17.6. The van der Waals surface area contributed by atoms with E-state index in [4.69, 9.17) is 56.8 Å². The molecule has 304 valence electrons. The van der Waals surface area contributed by atoms with Crippen LogP contribution in [-0.2, 0) is 71.2 Å². The maximum absolute atomic E-state index is 11.9. The predicted molar refractivity (Wildman–Crippen MR) is 196 cm³/mol. The number of hydrogen-bond acceptors (Lipinski definition) is 15. The highest BCUT2D eigenvalue weighted by molar-refractivity contribution is 9.14. The molecule has 0 N–H and O–H groups in total. The first-order valence-corrected chi connectivity index (χ1v) is 19.2. The summed E-state index contributed by atoms with van der Waals surface area (Å²) in [5.74, 6) is -0.952. The summed E-state index contributed by atoms with van der Waals surface area (Å²) in [5.41, 5.74) is -0.480. The number of halogens is 2. The SMILES string of the molecule is CC(C)(C)OC(=O)CCOCCOCCOCCOCCOCCOCCOCCOCCOCCOCCOCCCN1C(=O)C(Br)=C(Br)C1=O. The van der Waals surface area contributed by atoms with Crippen LogP contribution in [-0.4, -0.2) is 180 Å². The number of nitrogens with zero attached hydrogens (tertiary/aromatic N) is 1. The standard InChI is InChI=1S/C34H59Br2NO15/c1-34(2,3)52-29(38)5-8-42-10-12-44-14-16-46-18-20-48-22-24-50-26-28-51-27-25-49-23-21-47-19-17-45-15-13-43-11-9-41-7-4-6-37-32(39)30(35)31(36)33(37)40/h4-28H2,1-3H3. The quantitative estimate of drug-likeness (QED) is 0.0508. The van der Waals surface area contributed by atoms with Crippen molar-refractivity contribution in [3.05, 3.63) is 8.96 Å². The summed E-state index contributed by atoms with van der Waals surface area (Å²) in [7, 11) is 0. The van der Waals surface area contributed by atoms with Crippen LogP contribution in [0.4, 0.5) is 0 Å². The number of amides is 2. The van der Waals surface area contributed by atoms with E-state index in [0.29, 0.717) is 158 Å². The minimum atomic E-state index is -0.480. The highest BCUT2D eigenvalue weighted by atomic mass is 79.9. The Labute approximate surface area is 324 Å². The molecule has 0 fully saturated rings. The molecule has 1 rings (SSSR count). The first kappa shape index (κ1) is 48.9. The average molecular weight is 882 g/mol. The van der Waals surface area contributed by atoms with Crippen molar-refractivity contribution in [2.75, 3.05) is 152 Å². The zero-order chi connectivity index (χ0) is 38.1. The molecule has 0 saturated heterocycles. The Balaban J connectivity index is 1.66. The van der Waals surface area contributed by atoms with E-state index in [0.717, 1.165) is 0 Å². The van der Waals surface area contributed by atoms with Gasteiger partial charge in [0, 0.05) is 13.2 Å². The van der Waals surface area contributed by atoms with Crippen molar-refractivity contribution in [3.8, 4) is 0 Å². The van der Waals surface area contributed by atoms with Gasteiger partial charge in [0.1, 0.15) is 14.6 Å². The molecular weight excluding hydrogens is 822 g/mol. The minimum Gasteiger partial charge on any atom is -0.460 e. The smallest absolute Gasteiger partial charge is 0.308 e. The van der Waals surface area contributed by atoms with Crippen molar-refractivity contribution in [1.82, 2.24) is 4.90 Å². The number of hydrogen-bond donors (Lipinski definition) is 0. The van der Waals surface area contributed by atoms with Gasteiger partial charge < -0.3 is 56.8 Å². The fourth-order valence-corrected chi connectivity index (χ4v) is 4.66. The van der Waals surface area contributed by atoms with Gasteiger partial charge in [-0.25, -0.2) is 0 Å². The van der Waals surface area contributed by atoms with Gasteiger partial charge in [0.05, 0.1) is 145 Å². The number of carbonyl (C=O) groups is 3. The highest BCUT2D eigenvalue weighted by Crippen LogP contribution is 2.29. The number of imide groups is 1. The number of carbonyl (C=O) groups excluding carboxylic acids is 3. The third kappa shape index (κ3) is 28.3. The van der Waals surface area contributed by atoms with Gasteiger partial charge in [-0.2, -0.15) is 0 Å². The Hall–Kier alpha value is -1.13. The van der Waals surface area contributed by atoms with Gasteiger partial charge in [-0.1, -0.05) is 0 Å². The summed E-state index contributed by atoms with van der Waals surface area (Å²) in [5, 5.41) is 0. The molecule has 0 aromatic rings. The summed E-state index contributed by atoms with van der Waals surface area (Å²) < 4.78 is 65.7. The van der Waals surface area contributed by atoms with Gasteiger partial charge in [-0.3, -0.25) is 19.3 Å². The molecule has 0 aromatic heterocycles. The van der Waals surface area contributed by atoms with Crippen LogP contribution >= 0.6 is 31.9 Å². The lowest BCUT2D eigenvalue weighted by Crippen LogP contribution is -2.32. The molecule has 1 aliphatic rings. The van der Waals surface area contributed by atoms with Crippen molar-refractivity contribution in [3.63, 3.8) is 0 Å². The van der Waals surface area contributed by atoms with Crippen LogP contribution in [0.5, 0.6) is 0 Å². The second-order valence-corrected chi connectivity index (χ2v) is 13.4. The molecule has 1 heterocycles. The van der Waals surface area contributed by atoms with Crippen molar-refractivity contribution in [2.45, 2.75) is 39.2 Å². The Morgan fingerprint density at radius 3 is 0.981 bits per heavy atom. The lowest BCUT2D eigenvalue weighted by molar-refractivity contribution is -0.156. The maximum atomic E-state index is 11.9. The molecule has 0 bridgehead atoms. The van der Waals surface area contributed by atoms with E-state index < -0.39 is 5.60 Å². The Morgan fingerprint density at radius 1 is 0.462 bits per heavy atom. The third-order valence-corrected chi connectivity index (χ3v) is 8.32. The topological polar surface area (TPSA) is 165 Å². The molecule has 0 saturated carbocycles. The van der Waals surface area contributed by atoms with Crippen LogP contribution in [0.3, 0.4) is 0 Å². The van der Waals surface area contributed by atoms with Crippen LogP contribution in [0.15, 0.2) is 8.96 Å². The van der Waals surface area contributed by atoms with Crippen LogP contribution < -0.4 is 0 Å². The molecule has 0 aliphatic carbocycles. The van der Waals surface area contributed by atoms with Gasteiger partial charge >= 0.3 is 5.97 Å². The van der Waals surface area contributed by atoms with Gasteiger partial charge in [0.25, 0.3) is 11.8 Å². The molecule has 0 aromatic carbocycles. The van der Waals surface area contributed by atoms with Crippen LogP contribution in [0, 0.1) is 0 Å². The molecule has 16 nitrogen and oxygen atoms in total. The molecular formula is C34H59Br2NO15. The Morgan fingerprint density at radius 2 is 0.712 bits per heavy atom. The van der Waals surface area contributed by atoms with Crippen molar-refractivity contribution >= 4 is 49.6 Å². The summed E-state index contributed by atoms with van der Waals surface area (Å²) in [6.45, 7) is 15.7. The van der Waals surface area contributed by atoms with E-state index in [2.05, 4.69) is 31.9 Å². The molecule has 0 unspecified atom stereocenters. The van der Waals surface area contributed by atoms with Crippen molar-refractivity contribution in [2.24, 2.45) is 0 Å². The number of rotatable bonds is 37. The summed E-state index contributed by atoms with van der Waals surface area (Å²) in [6, 6.07) is 0. The lowest BCUT2D eigenvalue weighted by Gasteiger charge is -2.19. The van der Waals surface area contributed by atoms with Gasteiger partial charge in [-0.15, -0.1) is 0 Å². The van der Waals surface area contributed by atoms with Gasteiger partial charge in [0.2, 0.25) is 0 Å². The second kappa shape index (κ2) is 33.2. The van der Waals surface area contributed by atoms with E-state index in [1.54, 1.807) is 0 Å². The van der Waals surface area contributed by atoms with Crippen molar-refractivity contribution in [1.29, 1.82) is 0 Å². The summed E-state index contributed by atoms with van der Waals surface area (Å²) in [4.78, 5) is 36.6. The molecule has 1 aliphatic heterocycles. The fourth-order valence-electron chi connectivity index (χ4n) is 3.89. The Bertz CT molecular complexity index is 944. The van der Waals surface area contributed by atoms with Crippen LogP contribution in [0.2, 0.25) is 0 Å². The third-order valence-electron chi connectivity index (χ3n) is 6.32. The van der Waals surface area contributed by atoms with Crippen LogP contribution in [0.25, 0.3) is 0 Å². The fraction of sp³-hybridized carbons (Fsp3) is 0.853. The second-order valence-electron chi connectivity index (χ2n) is 11.8. The molecule has 0 spiro atoms.